The van der Waals surface area contributed by atoms with Gasteiger partial charge in [0.15, 0.2) is 10.9 Å². The fraction of sp³-hybridized carbons (Fsp3) is 0.458. The summed E-state index contributed by atoms with van der Waals surface area (Å²) in [6.45, 7) is 0. The van der Waals surface area contributed by atoms with E-state index in [2.05, 4.69) is 44.4 Å². The zero-order chi connectivity index (χ0) is 20.3. The van der Waals surface area contributed by atoms with E-state index in [-0.39, 0.29) is 5.78 Å². The molecule has 2 aliphatic rings. The first-order valence-corrected chi connectivity index (χ1v) is 12.9. The predicted octanol–water partition coefficient (Wildman–Crippen LogP) is 6.29. The summed E-state index contributed by atoms with van der Waals surface area (Å²) in [5, 5.41) is 11.9. The van der Waals surface area contributed by atoms with Crippen molar-refractivity contribution in [1.82, 2.24) is 14.8 Å². The summed E-state index contributed by atoms with van der Waals surface area (Å²) in [5.41, 5.74) is 2.20. The number of aromatic nitrogens is 3. The SMILES string of the molecule is O=C(CSc1nnc(Cc2cccs2)n1C1CC1)c1ccc(C2CCCCC2)cc1. The Hall–Kier alpha value is -1.92. The molecular weight excluding hydrogens is 410 g/mol. The minimum Gasteiger partial charge on any atom is -0.303 e. The van der Waals surface area contributed by atoms with Crippen molar-refractivity contribution >= 4 is 28.9 Å². The van der Waals surface area contributed by atoms with Gasteiger partial charge in [-0.25, -0.2) is 0 Å². The molecule has 2 aliphatic carbocycles. The van der Waals surface area contributed by atoms with Gasteiger partial charge in [-0.2, -0.15) is 0 Å². The molecule has 2 aromatic heterocycles. The van der Waals surface area contributed by atoms with Gasteiger partial charge in [0.1, 0.15) is 5.82 Å². The molecule has 2 heterocycles. The smallest absolute Gasteiger partial charge is 0.191 e. The van der Waals surface area contributed by atoms with Crippen LogP contribution in [0.25, 0.3) is 0 Å². The average molecular weight is 438 g/mol. The van der Waals surface area contributed by atoms with Gasteiger partial charge >= 0.3 is 0 Å². The minimum atomic E-state index is 0.167. The quantitative estimate of drug-likeness (QED) is 0.307. The third-order valence-corrected chi connectivity index (χ3v) is 8.02. The van der Waals surface area contributed by atoms with Gasteiger partial charge in [-0.3, -0.25) is 4.79 Å². The van der Waals surface area contributed by atoms with Gasteiger partial charge < -0.3 is 4.57 Å². The van der Waals surface area contributed by atoms with Crippen molar-refractivity contribution in [2.45, 2.75) is 68.5 Å². The lowest BCUT2D eigenvalue weighted by Crippen LogP contribution is -2.07. The summed E-state index contributed by atoms with van der Waals surface area (Å²) in [7, 11) is 0. The van der Waals surface area contributed by atoms with E-state index < -0.39 is 0 Å². The molecule has 1 aromatic carbocycles. The summed E-state index contributed by atoms with van der Waals surface area (Å²) < 4.78 is 2.27. The van der Waals surface area contributed by atoms with Gasteiger partial charge in [0.05, 0.1) is 5.75 Å². The molecule has 0 N–H and O–H groups in total. The molecule has 4 nitrogen and oxygen atoms in total. The maximum absolute atomic E-state index is 12.8. The first-order valence-electron chi connectivity index (χ1n) is 11.0. The van der Waals surface area contributed by atoms with Crippen molar-refractivity contribution in [3.05, 3.63) is 63.6 Å². The van der Waals surface area contributed by atoms with E-state index in [0.717, 1.165) is 23.0 Å². The molecule has 2 fully saturated rings. The lowest BCUT2D eigenvalue weighted by Gasteiger charge is -2.22. The third-order valence-electron chi connectivity index (χ3n) is 6.20. The normalized spacial score (nSPS) is 17.3. The van der Waals surface area contributed by atoms with Crippen LogP contribution in [0.3, 0.4) is 0 Å². The Morgan fingerprint density at radius 3 is 2.53 bits per heavy atom. The van der Waals surface area contributed by atoms with Gasteiger partial charge in [-0.15, -0.1) is 21.5 Å². The molecule has 0 aliphatic heterocycles. The van der Waals surface area contributed by atoms with Crippen LogP contribution < -0.4 is 0 Å². The molecular formula is C24H27N3OS2. The van der Waals surface area contributed by atoms with Crippen LogP contribution in [0.5, 0.6) is 0 Å². The highest BCUT2D eigenvalue weighted by molar-refractivity contribution is 7.99. The van der Waals surface area contributed by atoms with Gasteiger partial charge in [-0.1, -0.05) is 61.4 Å². The molecule has 156 valence electrons. The van der Waals surface area contributed by atoms with Crippen LogP contribution in [-0.4, -0.2) is 26.3 Å². The summed E-state index contributed by atoms with van der Waals surface area (Å²) in [6.07, 6.45) is 9.78. The van der Waals surface area contributed by atoms with Crippen molar-refractivity contribution in [3.63, 3.8) is 0 Å². The van der Waals surface area contributed by atoms with E-state index in [4.69, 9.17) is 0 Å². The van der Waals surface area contributed by atoms with E-state index in [1.54, 1.807) is 11.3 Å². The Kier molecular flexibility index (Phi) is 6.05. The Morgan fingerprint density at radius 2 is 1.83 bits per heavy atom. The molecule has 2 saturated carbocycles. The van der Waals surface area contributed by atoms with E-state index in [9.17, 15) is 4.79 Å². The molecule has 6 heteroatoms. The summed E-state index contributed by atoms with van der Waals surface area (Å²) in [6, 6.07) is 13.1. The zero-order valence-electron chi connectivity index (χ0n) is 17.1. The Morgan fingerprint density at radius 1 is 1.03 bits per heavy atom. The molecule has 0 bridgehead atoms. The number of thioether (sulfide) groups is 1. The summed E-state index contributed by atoms with van der Waals surface area (Å²) in [5.74, 6) is 2.27. The van der Waals surface area contributed by atoms with Gasteiger partial charge in [0.2, 0.25) is 0 Å². The molecule has 3 aromatic rings. The summed E-state index contributed by atoms with van der Waals surface area (Å²) >= 11 is 3.28. The molecule has 0 amide bonds. The second kappa shape index (κ2) is 9.06. The van der Waals surface area contributed by atoms with Crippen molar-refractivity contribution in [1.29, 1.82) is 0 Å². The largest absolute Gasteiger partial charge is 0.303 e. The third kappa shape index (κ3) is 4.54. The highest BCUT2D eigenvalue weighted by atomic mass is 32.2. The van der Waals surface area contributed by atoms with Gasteiger partial charge in [-0.05, 0) is 48.6 Å². The molecule has 0 unspecified atom stereocenters. The second-order valence-corrected chi connectivity index (χ2v) is 10.4. The molecule has 0 saturated heterocycles. The minimum absolute atomic E-state index is 0.167. The number of carbonyl (C=O) groups excluding carboxylic acids is 1. The maximum Gasteiger partial charge on any atom is 0.191 e. The number of ketones is 1. The number of hydrogen-bond donors (Lipinski definition) is 0. The first-order chi connectivity index (χ1) is 14.8. The van der Waals surface area contributed by atoms with Gasteiger partial charge in [0, 0.05) is 22.9 Å². The lowest BCUT2D eigenvalue weighted by molar-refractivity contribution is 0.102. The number of nitrogens with zero attached hydrogens (tertiary/aromatic N) is 3. The predicted molar refractivity (Wildman–Crippen MR) is 123 cm³/mol. The molecule has 0 spiro atoms. The molecule has 5 rings (SSSR count). The number of thiophene rings is 1. The van der Waals surface area contributed by atoms with E-state index >= 15 is 0 Å². The van der Waals surface area contributed by atoms with Crippen LogP contribution in [0.15, 0.2) is 46.9 Å². The maximum atomic E-state index is 12.8. The number of benzene rings is 1. The molecule has 30 heavy (non-hydrogen) atoms. The average Bonchev–Trinajstić information content (AvgIpc) is 3.34. The van der Waals surface area contributed by atoms with Crippen LogP contribution in [0, 0.1) is 0 Å². The van der Waals surface area contributed by atoms with Crippen molar-refractivity contribution in [2.75, 3.05) is 5.75 Å². The Bertz CT molecular complexity index is 984. The highest BCUT2D eigenvalue weighted by Gasteiger charge is 2.30. The van der Waals surface area contributed by atoms with Crippen LogP contribution in [0.4, 0.5) is 0 Å². The molecule has 0 atom stereocenters. The van der Waals surface area contributed by atoms with E-state index in [1.807, 2.05) is 12.1 Å². The van der Waals surface area contributed by atoms with Crippen LogP contribution in [-0.2, 0) is 6.42 Å². The molecule has 0 radical (unpaired) electrons. The standard InChI is InChI=1S/C24H27N3OS2/c28-22(19-10-8-18(9-11-19)17-5-2-1-3-6-17)16-30-24-26-25-23(27(24)20-12-13-20)15-21-7-4-14-29-21/h4,7-11,14,17,20H,1-3,5-6,12-13,15-16H2. The fourth-order valence-corrected chi connectivity index (χ4v) is 6.01. The monoisotopic (exact) mass is 437 g/mol. The van der Waals surface area contributed by atoms with Crippen LogP contribution >= 0.6 is 23.1 Å². The van der Waals surface area contributed by atoms with Crippen LogP contribution in [0.1, 0.15) is 83.5 Å². The number of Topliss-reactive ketones (excluding diaryl/α,β-unsaturated/α-hetero) is 1. The zero-order valence-corrected chi connectivity index (χ0v) is 18.8. The van der Waals surface area contributed by atoms with Crippen LogP contribution in [0.2, 0.25) is 0 Å². The second-order valence-electron chi connectivity index (χ2n) is 8.42. The number of rotatable bonds is 8. The van der Waals surface area contributed by atoms with Crippen molar-refractivity contribution < 1.29 is 4.79 Å². The lowest BCUT2D eigenvalue weighted by atomic mass is 9.84. The topological polar surface area (TPSA) is 47.8 Å². The Labute approximate surface area is 186 Å². The van der Waals surface area contributed by atoms with E-state index in [1.165, 1.54) is 67.1 Å². The summed E-state index contributed by atoms with van der Waals surface area (Å²) in [4.78, 5) is 14.1. The van der Waals surface area contributed by atoms with Gasteiger partial charge in [0.25, 0.3) is 0 Å². The van der Waals surface area contributed by atoms with E-state index in [0.29, 0.717) is 17.7 Å². The number of carbonyl (C=O) groups is 1. The fourth-order valence-electron chi connectivity index (χ4n) is 4.39. The van der Waals surface area contributed by atoms with Crippen molar-refractivity contribution in [3.8, 4) is 0 Å². The highest BCUT2D eigenvalue weighted by Crippen LogP contribution is 2.39. The van der Waals surface area contributed by atoms with Crippen molar-refractivity contribution in [2.24, 2.45) is 0 Å². The Balaban J connectivity index is 1.23. The number of hydrogen-bond acceptors (Lipinski definition) is 5. The first kappa shape index (κ1) is 20.0.